The van der Waals surface area contributed by atoms with Gasteiger partial charge in [0.1, 0.15) is 6.10 Å². The Balaban J connectivity index is 0.00000133. The Kier molecular flexibility index (Phi) is 4.80. The second-order valence-electron chi connectivity index (χ2n) is 4.39. The molecule has 1 atom stereocenters. The fourth-order valence-electron chi connectivity index (χ4n) is 2.12. The quantitative estimate of drug-likeness (QED) is 0.926. The molecule has 1 saturated heterocycles. The molecule has 4 nitrogen and oxygen atoms in total. The molecule has 0 saturated carbocycles. The van der Waals surface area contributed by atoms with E-state index in [-0.39, 0.29) is 18.5 Å². The SMILES string of the molecule is Cl.Clc1nc2ccccc2nc1OC1CCCNC1. The molecule has 0 spiro atoms. The van der Waals surface area contributed by atoms with Crippen LogP contribution in [0.3, 0.4) is 0 Å². The van der Waals surface area contributed by atoms with Gasteiger partial charge in [-0.2, -0.15) is 0 Å². The first-order chi connectivity index (χ1) is 8.83. The van der Waals surface area contributed by atoms with Crippen LogP contribution in [0.5, 0.6) is 5.88 Å². The lowest BCUT2D eigenvalue weighted by Gasteiger charge is -2.23. The van der Waals surface area contributed by atoms with Crippen molar-refractivity contribution in [3.8, 4) is 5.88 Å². The van der Waals surface area contributed by atoms with Crippen molar-refractivity contribution in [1.29, 1.82) is 0 Å². The maximum absolute atomic E-state index is 6.10. The Labute approximate surface area is 122 Å². The van der Waals surface area contributed by atoms with Gasteiger partial charge in [0.15, 0.2) is 5.15 Å². The third kappa shape index (κ3) is 3.26. The van der Waals surface area contributed by atoms with E-state index in [1.165, 1.54) is 0 Å². The average Bonchev–Trinajstić information content (AvgIpc) is 2.41. The van der Waals surface area contributed by atoms with Crippen molar-refractivity contribution in [3.63, 3.8) is 0 Å². The molecule has 2 aromatic rings. The number of piperidine rings is 1. The predicted molar refractivity (Wildman–Crippen MR) is 78.3 cm³/mol. The van der Waals surface area contributed by atoms with Crippen molar-refractivity contribution < 1.29 is 4.74 Å². The van der Waals surface area contributed by atoms with E-state index in [2.05, 4.69) is 15.3 Å². The number of para-hydroxylation sites is 2. The minimum Gasteiger partial charge on any atom is -0.471 e. The topological polar surface area (TPSA) is 47.0 Å². The van der Waals surface area contributed by atoms with E-state index in [9.17, 15) is 0 Å². The van der Waals surface area contributed by atoms with Crippen LogP contribution in [0.4, 0.5) is 0 Å². The Bertz CT molecular complexity index is 559. The Morgan fingerprint density at radius 3 is 2.63 bits per heavy atom. The highest BCUT2D eigenvalue weighted by Gasteiger charge is 2.17. The van der Waals surface area contributed by atoms with Gasteiger partial charge in [-0.3, -0.25) is 0 Å². The molecule has 1 aliphatic rings. The van der Waals surface area contributed by atoms with E-state index >= 15 is 0 Å². The number of halogens is 2. The summed E-state index contributed by atoms with van der Waals surface area (Å²) in [5.74, 6) is 0.434. The molecule has 1 unspecified atom stereocenters. The number of hydrogen-bond donors (Lipinski definition) is 1. The summed E-state index contributed by atoms with van der Waals surface area (Å²) >= 11 is 6.10. The lowest BCUT2D eigenvalue weighted by Crippen LogP contribution is -2.37. The largest absolute Gasteiger partial charge is 0.471 e. The summed E-state index contributed by atoms with van der Waals surface area (Å²) in [5, 5.41) is 3.63. The molecule has 1 N–H and O–H groups in total. The van der Waals surface area contributed by atoms with Crippen LogP contribution >= 0.6 is 24.0 Å². The van der Waals surface area contributed by atoms with E-state index < -0.39 is 0 Å². The average molecular weight is 300 g/mol. The van der Waals surface area contributed by atoms with Gasteiger partial charge in [0.2, 0.25) is 0 Å². The van der Waals surface area contributed by atoms with Crippen molar-refractivity contribution in [1.82, 2.24) is 15.3 Å². The van der Waals surface area contributed by atoms with E-state index in [0.29, 0.717) is 11.0 Å². The standard InChI is InChI=1S/C13H14ClN3O.ClH/c14-12-13(18-9-4-3-7-15-8-9)17-11-6-2-1-5-10(11)16-12;/h1-2,5-6,9,15H,3-4,7-8H2;1H. The third-order valence-electron chi connectivity index (χ3n) is 3.03. The smallest absolute Gasteiger partial charge is 0.253 e. The van der Waals surface area contributed by atoms with Gasteiger partial charge in [0, 0.05) is 6.54 Å². The van der Waals surface area contributed by atoms with Crippen molar-refractivity contribution in [3.05, 3.63) is 29.4 Å². The van der Waals surface area contributed by atoms with Gasteiger partial charge >= 0.3 is 0 Å². The highest BCUT2D eigenvalue weighted by Crippen LogP contribution is 2.24. The Morgan fingerprint density at radius 2 is 1.95 bits per heavy atom. The minimum absolute atomic E-state index is 0. The van der Waals surface area contributed by atoms with Gasteiger partial charge in [-0.15, -0.1) is 12.4 Å². The number of ether oxygens (including phenoxy) is 1. The van der Waals surface area contributed by atoms with Gasteiger partial charge in [-0.05, 0) is 31.5 Å². The summed E-state index contributed by atoms with van der Waals surface area (Å²) in [5.41, 5.74) is 1.59. The van der Waals surface area contributed by atoms with Crippen LogP contribution < -0.4 is 10.1 Å². The number of aromatic nitrogens is 2. The van der Waals surface area contributed by atoms with E-state index in [1.807, 2.05) is 24.3 Å². The van der Waals surface area contributed by atoms with Crippen molar-refractivity contribution >= 4 is 35.0 Å². The highest BCUT2D eigenvalue weighted by atomic mass is 35.5. The first-order valence-corrected chi connectivity index (χ1v) is 6.50. The maximum Gasteiger partial charge on any atom is 0.253 e. The molecule has 0 radical (unpaired) electrons. The lowest BCUT2D eigenvalue weighted by molar-refractivity contribution is 0.160. The molecule has 1 aromatic carbocycles. The molecule has 0 bridgehead atoms. The first kappa shape index (κ1) is 14.3. The van der Waals surface area contributed by atoms with Gasteiger partial charge in [-0.1, -0.05) is 23.7 Å². The Morgan fingerprint density at radius 1 is 1.21 bits per heavy atom. The Hall–Kier alpha value is -1.10. The fourth-order valence-corrected chi connectivity index (χ4v) is 2.29. The number of benzene rings is 1. The molecular formula is C13H15Cl2N3O. The minimum atomic E-state index is 0. The van der Waals surface area contributed by atoms with Crippen LogP contribution in [-0.4, -0.2) is 29.2 Å². The summed E-state index contributed by atoms with van der Waals surface area (Å²) in [6.45, 7) is 1.89. The van der Waals surface area contributed by atoms with Gasteiger partial charge in [0.25, 0.3) is 5.88 Å². The zero-order chi connectivity index (χ0) is 12.4. The fraction of sp³-hybridized carbons (Fsp3) is 0.385. The molecule has 3 rings (SSSR count). The molecule has 6 heteroatoms. The molecule has 0 aliphatic carbocycles. The molecule has 19 heavy (non-hydrogen) atoms. The van der Waals surface area contributed by atoms with Crippen LogP contribution in [0.15, 0.2) is 24.3 Å². The van der Waals surface area contributed by atoms with E-state index in [1.54, 1.807) is 0 Å². The molecule has 0 amide bonds. The van der Waals surface area contributed by atoms with Crippen LogP contribution in [0, 0.1) is 0 Å². The number of nitrogens with zero attached hydrogens (tertiary/aromatic N) is 2. The first-order valence-electron chi connectivity index (χ1n) is 6.12. The summed E-state index contributed by atoms with van der Waals surface area (Å²) in [7, 11) is 0. The van der Waals surface area contributed by atoms with Crippen LogP contribution in [0.1, 0.15) is 12.8 Å². The second-order valence-corrected chi connectivity index (χ2v) is 4.75. The monoisotopic (exact) mass is 299 g/mol. The summed E-state index contributed by atoms with van der Waals surface area (Å²) in [6, 6.07) is 7.64. The zero-order valence-corrected chi connectivity index (χ0v) is 11.9. The van der Waals surface area contributed by atoms with Crippen LogP contribution in [-0.2, 0) is 0 Å². The van der Waals surface area contributed by atoms with Gasteiger partial charge < -0.3 is 10.1 Å². The van der Waals surface area contributed by atoms with E-state index in [0.717, 1.165) is 37.0 Å². The number of rotatable bonds is 2. The van der Waals surface area contributed by atoms with Gasteiger partial charge in [0.05, 0.1) is 11.0 Å². The third-order valence-corrected chi connectivity index (χ3v) is 3.27. The number of fused-ring (bicyclic) bond motifs is 1. The van der Waals surface area contributed by atoms with E-state index in [4.69, 9.17) is 16.3 Å². The van der Waals surface area contributed by atoms with Crippen molar-refractivity contribution in [2.24, 2.45) is 0 Å². The number of hydrogen-bond acceptors (Lipinski definition) is 4. The molecule has 2 heterocycles. The summed E-state index contributed by atoms with van der Waals surface area (Å²) < 4.78 is 5.83. The molecule has 102 valence electrons. The molecule has 1 fully saturated rings. The van der Waals surface area contributed by atoms with Crippen molar-refractivity contribution in [2.45, 2.75) is 18.9 Å². The molecule has 1 aromatic heterocycles. The van der Waals surface area contributed by atoms with Crippen LogP contribution in [0.25, 0.3) is 11.0 Å². The zero-order valence-electron chi connectivity index (χ0n) is 10.3. The molecular weight excluding hydrogens is 285 g/mol. The predicted octanol–water partition coefficient (Wildman–Crippen LogP) is 2.84. The maximum atomic E-state index is 6.10. The highest BCUT2D eigenvalue weighted by molar-refractivity contribution is 6.31. The second kappa shape index (κ2) is 6.37. The molecule has 1 aliphatic heterocycles. The summed E-state index contributed by atoms with van der Waals surface area (Å²) in [6.07, 6.45) is 2.27. The number of nitrogens with one attached hydrogen (secondary N) is 1. The van der Waals surface area contributed by atoms with Gasteiger partial charge in [-0.25, -0.2) is 9.97 Å². The van der Waals surface area contributed by atoms with Crippen molar-refractivity contribution in [2.75, 3.05) is 13.1 Å². The van der Waals surface area contributed by atoms with Crippen LogP contribution in [0.2, 0.25) is 5.15 Å². The summed E-state index contributed by atoms with van der Waals surface area (Å²) in [4.78, 5) is 8.72. The lowest BCUT2D eigenvalue weighted by atomic mass is 10.1. The normalized spacial score (nSPS) is 18.9.